The molecule has 80 valence electrons. The Balaban J connectivity index is 2.15. The Morgan fingerprint density at radius 2 is 2.33 bits per heavy atom. The van der Waals surface area contributed by atoms with Crippen molar-refractivity contribution in [2.75, 3.05) is 0 Å². The maximum Gasteiger partial charge on any atom is 0.119 e. The molecule has 1 aromatic rings. The van der Waals surface area contributed by atoms with Gasteiger partial charge in [0, 0.05) is 6.04 Å². The molecule has 2 N–H and O–H groups in total. The zero-order valence-electron chi connectivity index (χ0n) is 9.03. The van der Waals surface area contributed by atoms with Crippen molar-refractivity contribution in [2.24, 2.45) is 0 Å². The van der Waals surface area contributed by atoms with E-state index in [0.29, 0.717) is 11.8 Å². The highest BCUT2D eigenvalue weighted by Gasteiger charge is 2.19. The highest BCUT2D eigenvalue weighted by Crippen LogP contribution is 2.28. The van der Waals surface area contributed by atoms with E-state index in [1.54, 1.807) is 6.07 Å². The summed E-state index contributed by atoms with van der Waals surface area (Å²) in [6.45, 7) is 2.00. The first-order valence-corrected chi connectivity index (χ1v) is 5.48. The second kappa shape index (κ2) is 4.39. The van der Waals surface area contributed by atoms with Gasteiger partial charge in [-0.25, -0.2) is 0 Å². The van der Waals surface area contributed by atoms with Crippen molar-refractivity contribution in [3.63, 3.8) is 0 Å². The van der Waals surface area contributed by atoms with Gasteiger partial charge in [0.1, 0.15) is 5.75 Å². The van der Waals surface area contributed by atoms with Crippen LogP contribution in [-0.4, -0.2) is 11.1 Å². The molecule has 1 aromatic carbocycles. The Labute approximate surface area is 90.6 Å². The average Bonchev–Trinajstić information content (AvgIpc) is 2.27. The van der Waals surface area contributed by atoms with Crippen molar-refractivity contribution < 1.29 is 5.11 Å². The first-order chi connectivity index (χ1) is 7.31. The van der Waals surface area contributed by atoms with E-state index in [9.17, 15) is 5.11 Å². The Morgan fingerprint density at radius 1 is 1.47 bits per heavy atom. The van der Waals surface area contributed by atoms with E-state index in [-0.39, 0.29) is 0 Å². The molecule has 0 aliphatic heterocycles. The number of aromatic hydroxyl groups is 1. The molecule has 0 aromatic heterocycles. The highest BCUT2D eigenvalue weighted by molar-refractivity contribution is 5.41. The van der Waals surface area contributed by atoms with Crippen molar-refractivity contribution in [3.05, 3.63) is 41.6 Å². The molecule has 0 bridgehead atoms. The first kappa shape index (κ1) is 10.1. The lowest BCUT2D eigenvalue weighted by atomic mass is 9.88. The van der Waals surface area contributed by atoms with Crippen LogP contribution in [0.25, 0.3) is 0 Å². The van der Waals surface area contributed by atoms with Crippen LogP contribution in [0, 0.1) is 0 Å². The standard InChI is InChI=1S/C13H17NO/c1-2-8-14-11-7-6-10-4-3-5-13(15)12(10)9-11/h2-5,8,11,14-15H,6-7,9H2,1H3/b8-2-. The number of fused-ring (bicyclic) bond motifs is 1. The van der Waals surface area contributed by atoms with E-state index >= 15 is 0 Å². The number of allylic oxidation sites excluding steroid dienone is 1. The number of phenols is 1. The third-order valence-corrected chi connectivity index (χ3v) is 2.96. The molecule has 0 fully saturated rings. The van der Waals surface area contributed by atoms with Gasteiger partial charge in [-0.3, -0.25) is 0 Å². The third kappa shape index (κ3) is 2.14. The monoisotopic (exact) mass is 203 g/mol. The number of phenolic OH excluding ortho intramolecular Hbond substituents is 1. The second-order valence-electron chi connectivity index (χ2n) is 4.02. The Bertz CT molecular complexity index is 371. The Morgan fingerprint density at radius 3 is 3.13 bits per heavy atom. The van der Waals surface area contributed by atoms with Crippen LogP contribution >= 0.6 is 0 Å². The molecule has 0 spiro atoms. The largest absolute Gasteiger partial charge is 0.508 e. The minimum absolute atomic E-state index is 0.444. The summed E-state index contributed by atoms with van der Waals surface area (Å²) in [6, 6.07) is 6.27. The predicted octanol–water partition coefficient (Wildman–Crippen LogP) is 2.37. The summed E-state index contributed by atoms with van der Waals surface area (Å²) in [7, 11) is 0. The van der Waals surface area contributed by atoms with Gasteiger partial charge in [-0.05, 0) is 49.6 Å². The molecule has 0 saturated heterocycles. The van der Waals surface area contributed by atoms with E-state index in [1.165, 1.54) is 5.56 Å². The minimum atomic E-state index is 0.444. The van der Waals surface area contributed by atoms with Crippen molar-refractivity contribution in [2.45, 2.75) is 32.2 Å². The van der Waals surface area contributed by atoms with Gasteiger partial charge >= 0.3 is 0 Å². The number of hydrogen-bond donors (Lipinski definition) is 2. The fourth-order valence-electron chi connectivity index (χ4n) is 2.14. The summed E-state index contributed by atoms with van der Waals surface area (Å²) in [4.78, 5) is 0. The smallest absolute Gasteiger partial charge is 0.119 e. The number of nitrogens with one attached hydrogen (secondary N) is 1. The van der Waals surface area contributed by atoms with Crippen LogP contribution < -0.4 is 5.32 Å². The molecule has 0 heterocycles. The zero-order valence-corrected chi connectivity index (χ0v) is 9.03. The molecule has 1 unspecified atom stereocenters. The minimum Gasteiger partial charge on any atom is -0.508 e. The van der Waals surface area contributed by atoms with E-state index in [2.05, 4.69) is 11.4 Å². The quantitative estimate of drug-likeness (QED) is 0.773. The van der Waals surface area contributed by atoms with Crippen molar-refractivity contribution in [1.29, 1.82) is 0 Å². The van der Waals surface area contributed by atoms with E-state index in [0.717, 1.165) is 24.8 Å². The first-order valence-electron chi connectivity index (χ1n) is 5.48. The SMILES string of the molecule is C/C=C\NC1CCc2cccc(O)c2C1. The zero-order chi connectivity index (χ0) is 10.7. The van der Waals surface area contributed by atoms with E-state index in [1.807, 2.05) is 25.3 Å². The molecular formula is C13H17NO. The second-order valence-corrected chi connectivity index (χ2v) is 4.02. The molecular weight excluding hydrogens is 186 g/mol. The summed E-state index contributed by atoms with van der Waals surface area (Å²) in [5.41, 5.74) is 2.42. The van der Waals surface area contributed by atoms with Crippen LogP contribution in [0.15, 0.2) is 30.5 Å². The van der Waals surface area contributed by atoms with E-state index < -0.39 is 0 Å². The lowest BCUT2D eigenvalue weighted by molar-refractivity contribution is 0.445. The van der Waals surface area contributed by atoms with Crippen LogP contribution in [0.1, 0.15) is 24.5 Å². The molecule has 2 heteroatoms. The fourth-order valence-corrected chi connectivity index (χ4v) is 2.14. The molecule has 0 amide bonds. The van der Waals surface area contributed by atoms with Gasteiger partial charge in [-0.15, -0.1) is 0 Å². The number of aryl methyl sites for hydroxylation is 1. The summed E-state index contributed by atoms with van der Waals surface area (Å²) < 4.78 is 0. The van der Waals surface area contributed by atoms with Crippen molar-refractivity contribution >= 4 is 0 Å². The van der Waals surface area contributed by atoms with Crippen LogP contribution in [0.4, 0.5) is 0 Å². The normalized spacial score (nSPS) is 20.2. The average molecular weight is 203 g/mol. The van der Waals surface area contributed by atoms with Gasteiger partial charge in [0.2, 0.25) is 0 Å². The molecule has 0 radical (unpaired) electrons. The summed E-state index contributed by atoms with van der Waals surface area (Å²) in [6.07, 6.45) is 7.10. The topological polar surface area (TPSA) is 32.3 Å². The van der Waals surface area contributed by atoms with Gasteiger partial charge in [0.25, 0.3) is 0 Å². The van der Waals surface area contributed by atoms with Crippen molar-refractivity contribution in [1.82, 2.24) is 5.32 Å². The van der Waals surface area contributed by atoms with Gasteiger partial charge < -0.3 is 10.4 Å². The fraction of sp³-hybridized carbons (Fsp3) is 0.385. The Kier molecular flexibility index (Phi) is 2.95. The van der Waals surface area contributed by atoms with Crippen molar-refractivity contribution in [3.8, 4) is 5.75 Å². The highest BCUT2D eigenvalue weighted by atomic mass is 16.3. The maximum absolute atomic E-state index is 9.75. The maximum atomic E-state index is 9.75. The van der Waals surface area contributed by atoms with Gasteiger partial charge in [0.05, 0.1) is 0 Å². The van der Waals surface area contributed by atoms with Crippen LogP contribution in [0.2, 0.25) is 0 Å². The van der Waals surface area contributed by atoms with Crippen LogP contribution in [0.3, 0.4) is 0 Å². The summed E-state index contributed by atoms with van der Waals surface area (Å²) in [5, 5.41) is 13.1. The Hall–Kier alpha value is -1.44. The van der Waals surface area contributed by atoms with Crippen LogP contribution in [-0.2, 0) is 12.8 Å². The third-order valence-electron chi connectivity index (χ3n) is 2.96. The van der Waals surface area contributed by atoms with Gasteiger partial charge in [0.15, 0.2) is 0 Å². The summed E-state index contributed by atoms with van der Waals surface area (Å²) >= 11 is 0. The molecule has 15 heavy (non-hydrogen) atoms. The molecule has 0 saturated carbocycles. The number of hydrogen-bond acceptors (Lipinski definition) is 2. The van der Waals surface area contributed by atoms with E-state index in [4.69, 9.17) is 0 Å². The molecule has 2 rings (SSSR count). The number of rotatable bonds is 2. The lowest BCUT2D eigenvalue weighted by Gasteiger charge is -2.25. The predicted molar refractivity (Wildman–Crippen MR) is 61.9 cm³/mol. The molecule has 2 nitrogen and oxygen atoms in total. The van der Waals surface area contributed by atoms with Gasteiger partial charge in [-0.1, -0.05) is 18.2 Å². The molecule has 1 aliphatic carbocycles. The molecule has 1 aliphatic rings. The number of benzene rings is 1. The summed E-state index contributed by atoms with van der Waals surface area (Å²) in [5.74, 6) is 0.444. The van der Waals surface area contributed by atoms with Gasteiger partial charge in [-0.2, -0.15) is 0 Å². The lowest BCUT2D eigenvalue weighted by Crippen LogP contribution is -2.30. The molecule has 1 atom stereocenters. The van der Waals surface area contributed by atoms with Crippen LogP contribution in [0.5, 0.6) is 5.75 Å².